The zero-order valence-electron chi connectivity index (χ0n) is 14.9. The van der Waals surface area contributed by atoms with Crippen molar-refractivity contribution in [3.05, 3.63) is 0 Å². The molecule has 1 atom stereocenters. The van der Waals surface area contributed by atoms with Crippen LogP contribution in [-0.2, 0) is 9.59 Å². The molecule has 0 aliphatic heterocycles. The third kappa shape index (κ3) is 14.2. The smallest absolute Gasteiger partial charge is 0.219 e. The zero-order valence-corrected chi connectivity index (χ0v) is 14.9. The van der Waals surface area contributed by atoms with Crippen LogP contribution in [0.15, 0.2) is 0 Å². The molecule has 23 heavy (non-hydrogen) atoms. The summed E-state index contributed by atoms with van der Waals surface area (Å²) in [6.07, 6.45) is 5.12. The van der Waals surface area contributed by atoms with E-state index in [0.717, 1.165) is 32.1 Å². The van der Waals surface area contributed by atoms with Crippen molar-refractivity contribution in [2.75, 3.05) is 33.7 Å². The molecule has 0 saturated carbocycles. The standard InChI is InChI=1S/C17H33FN2O3/c1-4-9-15(18)10-6-5-7-11-16(21)19-12-8-13-20(2,3)14-17(22)23/h15H,4-14H2,1-3H3,(H-,19,21,22,23). The van der Waals surface area contributed by atoms with Gasteiger partial charge in [-0.05, 0) is 19.3 Å². The summed E-state index contributed by atoms with van der Waals surface area (Å²) in [5, 5.41) is 13.4. The molecule has 0 saturated heterocycles. The van der Waals surface area contributed by atoms with Crippen molar-refractivity contribution in [2.45, 2.75) is 64.5 Å². The number of likely N-dealkylation sites (N-methyl/N-ethyl adjacent to an activating group) is 1. The van der Waals surface area contributed by atoms with Gasteiger partial charge in [-0.15, -0.1) is 0 Å². The second kappa shape index (κ2) is 12.3. The van der Waals surface area contributed by atoms with Crippen molar-refractivity contribution < 1.29 is 23.6 Å². The van der Waals surface area contributed by atoms with Crippen LogP contribution < -0.4 is 10.4 Å². The maximum absolute atomic E-state index is 13.2. The summed E-state index contributed by atoms with van der Waals surface area (Å²) in [4.78, 5) is 22.2. The van der Waals surface area contributed by atoms with Crippen molar-refractivity contribution in [3.63, 3.8) is 0 Å². The lowest BCUT2D eigenvalue weighted by atomic mass is 10.1. The second-order valence-corrected chi connectivity index (χ2v) is 6.88. The van der Waals surface area contributed by atoms with E-state index < -0.39 is 12.1 Å². The lowest BCUT2D eigenvalue weighted by Crippen LogP contribution is -2.49. The number of hydrogen-bond donors (Lipinski definition) is 1. The number of halogens is 1. The molecular weight excluding hydrogens is 299 g/mol. The van der Waals surface area contributed by atoms with Gasteiger partial charge in [0.15, 0.2) is 0 Å². The number of quaternary nitrogens is 1. The molecule has 0 fully saturated rings. The molecule has 0 aromatic rings. The zero-order chi connectivity index (χ0) is 17.7. The highest BCUT2D eigenvalue weighted by Gasteiger charge is 2.14. The Labute approximate surface area is 139 Å². The Morgan fingerprint density at radius 2 is 1.83 bits per heavy atom. The summed E-state index contributed by atoms with van der Waals surface area (Å²) < 4.78 is 13.6. The highest BCUT2D eigenvalue weighted by Crippen LogP contribution is 2.12. The lowest BCUT2D eigenvalue weighted by Gasteiger charge is -2.30. The normalized spacial score (nSPS) is 12.9. The maximum atomic E-state index is 13.2. The first kappa shape index (κ1) is 21.8. The molecule has 0 rings (SSSR count). The van der Waals surface area contributed by atoms with Gasteiger partial charge in [0.2, 0.25) is 5.91 Å². The topological polar surface area (TPSA) is 69.2 Å². The number of carbonyl (C=O) groups excluding carboxylic acids is 2. The van der Waals surface area contributed by atoms with Crippen LogP contribution in [0.4, 0.5) is 4.39 Å². The molecular formula is C17H33FN2O3. The third-order valence-electron chi connectivity index (χ3n) is 3.84. The van der Waals surface area contributed by atoms with Crippen molar-refractivity contribution >= 4 is 11.9 Å². The van der Waals surface area contributed by atoms with E-state index in [1.165, 1.54) is 0 Å². The first-order valence-electron chi connectivity index (χ1n) is 8.69. The molecule has 0 aliphatic carbocycles. The van der Waals surface area contributed by atoms with E-state index in [9.17, 15) is 19.1 Å². The molecule has 0 aliphatic rings. The van der Waals surface area contributed by atoms with Crippen molar-refractivity contribution in [2.24, 2.45) is 0 Å². The molecule has 1 amide bonds. The molecule has 0 aromatic carbocycles. The molecule has 0 spiro atoms. The molecule has 5 nitrogen and oxygen atoms in total. The number of nitrogens with one attached hydrogen (secondary N) is 1. The van der Waals surface area contributed by atoms with Crippen LogP contribution in [0.3, 0.4) is 0 Å². The number of aliphatic carboxylic acids is 1. The summed E-state index contributed by atoms with van der Waals surface area (Å²) in [6, 6.07) is 0. The van der Waals surface area contributed by atoms with E-state index in [2.05, 4.69) is 5.32 Å². The van der Waals surface area contributed by atoms with Gasteiger partial charge in [0.05, 0.1) is 26.6 Å². The lowest BCUT2D eigenvalue weighted by molar-refractivity contribution is -0.884. The molecule has 1 N–H and O–H groups in total. The fourth-order valence-corrected chi connectivity index (χ4v) is 2.54. The van der Waals surface area contributed by atoms with Gasteiger partial charge in [-0.2, -0.15) is 0 Å². The van der Waals surface area contributed by atoms with E-state index in [1.807, 2.05) is 21.0 Å². The summed E-state index contributed by atoms with van der Waals surface area (Å²) in [5.41, 5.74) is 0. The monoisotopic (exact) mass is 332 g/mol. The number of hydrogen-bond acceptors (Lipinski definition) is 3. The van der Waals surface area contributed by atoms with Crippen molar-refractivity contribution in [3.8, 4) is 0 Å². The van der Waals surface area contributed by atoms with Gasteiger partial charge in [0.25, 0.3) is 0 Å². The average molecular weight is 332 g/mol. The number of unbranched alkanes of at least 4 members (excludes halogenated alkanes) is 2. The van der Waals surface area contributed by atoms with E-state index in [0.29, 0.717) is 36.8 Å². The van der Waals surface area contributed by atoms with E-state index in [-0.39, 0.29) is 12.5 Å². The summed E-state index contributed by atoms with van der Waals surface area (Å²) in [6.45, 7) is 3.18. The van der Waals surface area contributed by atoms with E-state index >= 15 is 0 Å². The minimum Gasteiger partial charge on any atom is -0.544 e. The summed E-state index contributed by atoms with van der Waals surface area (Å²) in [7, 11) is 3.66. The minimum absolute atomic E-state index is 0.0144. The SMILES string of the molecule is CCCC(F)CCCCCC(=O)NCCC[N+](C)(C)CC(=O)[O-]. The summed E-state index contributed by atoms with van der Waals surface area (Å²) in [5.74, 6) is -1.05. The molecule has 0 aromatic heterocycles. The minimum atomic E-state index is -1.06. The maximum Gasteiger partial charge on any atom is 0.219 e. The first-order chi connectivity index (χ1) is 10.8. The fourth-order valence-electron chi connectivity index (χ4n) is 2.54. The van der Waals surface area contributed by atoms with Gasteiger partial charge in [0.1, 0.15) is 12.7 Å². The van der Waals surface area contributed by atoms with Crippen molar-refractivity contribution in [1.29, 1.82) is 0 Å². The number of carboxylic acid groups (broad SMARTS) is 1. The van der Waals surface area contributed by atoms with E-state index in [1.54, 1.807) is 0 Å². The first-order valence-corrected chi connectivity index (χ1v) is 8.69. The number of carboxylic acids is 1. The highest BCUT2D eigenvalue weighted by atomic mass is 19.1. The quantitative estimate of drug-likeness (QED) is 0.386. The Hall–Kier alpha value is -1.17. The molecule has 136 valence electrons. The molecule has 6 heteroatoms. The predicted molar refractivity (Wildman–Crippen MR) is 87.4 cm³/mol. The van der Waals surface area contributed by atoms with Crippen LogP contribution >= 0.6 is 0 Å². The van der Waals surface area contributed by atoms with Gasteiger partial charge < -0.3 is 19.7 Å². The molecule has 1 unspecified atom stereocenters. The van der Waals surface area contributed by atoms with Crippen LogP contribution in [0.25, 0.3) is 0 Å². The van der Waals surface area contributed by atoms with Gasteiger partial charge in [-0.25, -0.2) is 4.39 Å². The Balaban J connectivity index is 3.56. The fraction of sp³-hybridized carbons (Fsp3) is 0.882. The molecule has 0 heterocycles. The van der Waals surface area contributed by atoms with Crippen LogP contribution in [0.1, 0.15) is 58.3 Å². The van der Waals surface area contributed by atoms with Crippen LogP contribution in [-0.4, -0.2) is 56.3 Å². The van der Waals surface area contributed by atoms with Gasteiger partial charge >= 0.3 is 0 Å². The van der Waals surface area contributed by atoms with Gasteiger partial charge in [-0.1, -0.05) is 26.2 Å². The number of rotatable bonds is 14. The van der Waals surface area contributed by atoms with Gasteiger partial charge in [0, 0.05) is 19.4 Å². The average Bonchev–Trinajstić information content (AvgIpc) is 2.42. The van der Waals surface area contributed by atoms with Crippen LogP contribution in [0.5, 0.6) is 0 Å². The Bertz CT molecular complexity index is 349. The Kier molecular flexibility index (Phi) is 11.7. The largest absolute Gasteiger partial charge is 0.544 e. The number of nitrogens with zero attached hydrogens (tertiary/aromatic N) is 1. The number of carbonyl (C=O) groups is 2. The predicted octanol–water partition coefficient (Wildman–Crippen LogP) is 1.41. The molecule has 0 radical (unpaired) electrons. The number of alkyl halides is 1. The number of amides is 1. The second-order valence-electron chi connectivity index (χ2n) is 6.88. The highest BCUT2D eigenvalue weighted by molar-refractivity contribution is 5.75. The Morgan fingerprint density at radius 1 is 1.13 bits per heavy atom. The van der Waals surface area contributed by atoms with Gasteiger partial charge in [-0.3, -0.25) is 4.79 Å². The van der Waals surface area contributed by atoms with E-state index in [4.69, 9.17) is 0 Å². The molecule has 0 bridgehead atoms. The Morgan fingerprint density at radius 3 is 2.43 bits per heavy atom. The summed E-state index contributed by atoms with van der Waals surface area (Å²) >= 11 is 0. The van der Waals surface area contributed by atoms with Crippen molar-refractivity contribution in [1.82, 2.24) is 5.32 Å². The van der Waals surface area contributed by atoms with Crippen LogP contribution in [0.2, 0.25) is 0 Å². The van der Waals surface area contributed by atoms with Crippen LogP contribution in [0, 0.1) is 0 Å². The third-order valence-corrected chi connectivity index (χ3v) is 3.84.